The summed E-state index contributed by atoms with van der Waals surface area (Å²) in [7, 11) is 0. The summed E-state index contributed by atoms with van der Waals surface area (Å²) in [6.45, 7) is 2.23. The summed E-state index contributed by atoms with van der Waals surface area (Å²) < 4.78 is 13.4. The molecule has 0 aliphatic rings. The molecule has 0 fully saturated rings. The number of benzene rings is 1. The van der Waals surface area contributed by atoms with E-state index in [4.69, 9.17) is 11.6 Å². The molecule has 1 atom stereocenters. The van der Waals surface area contributed by atoms with Gasteiger partial charge in [0.2, 0.25) is 0 Å². The van der Waals surface area contributed by atoms with Crippen molar-refractivity contribution >= 4 is 11.6 Å². The van der Waals surface area contributed by atoms with E-state index in [1.165, 1.54) is 38.2 Å². The highest BCUT2D eigenvalue weighted by Gasteiger charge is 2.08. The van der Waals surface area contributed by atoms with Gasteiger partial charge in [0.1, 0.15) is 5.82 Å². The van der Waals surface area contributed by atoms with E-state index in [0.29, 0.717) is 6.42 Å². The Bertz CT molecular complexity index is 325. The van der Waals surface area contributed by atoms with Crippen LogP contribution in [0, 0.1) is 5.82 Å². The smallest absolute Gasteiger partial charge is 0.126 e. The number of hydrogen-bond donors (Lipinski definition) is 0. The molecular weight excluding hydrogens is 247 g/mol. The average molecular weight is 271 g/mol. The molecule has 0 N–H and O–H groups in total. The van der Waals surface area contributed by atoms with Gasteiger partial charge in [0.05, 0.1) is 0 Å². The molecule has 1 rings (SSSR count). The molecule has 1 aromatic rings. The summed E-state index contributed by atoms with van der Waals surface area (Å²) in [4.78, 5) is 0. The van der Waals surface area contributed by atoms with Gasteiger partial charge in [0.25, 0.3) is 0 Å². The van der Waals surface area contributed by atoms with Crippen LogP contribution in [0.4, 0.5) is 4.39 Å². The van der Waals surface area contributed by atoms with Crippen LogP contribution in [-0.2, 0) is 6.42 Å². The molecule has 0 heterocycles. The van der Waals surface area contributed by atoms with Crippen LogP contribution in [0.15, 0.2) is 24.3 Å². The van der Waals surface area contributed by atoms with Crippen molar-refractivity contribution in [3.05, 3.63) is 35.6 Å². The summed E-state index contributed by atoms with van der Waals surface area (Å²) in [6, 6.07) is 6.91. The van der Waals surface area contributed by atoms with Crippen molar-refractivity contribution in [3.63, 3.8) is 0 Å². The first kappa shape index (κ1) is 15.5. The summed E-state index contributed by atoms with van der Waals surface area (Å²) in [5.74, 6) is -0.133. The van der Waals surface area contributed by atoms with Crippen molar-refractivity contribution in [1.29, 1.82) is 0 Å². The Morgan fingerprint density at radius 3 is 2.44 bits per heavy atom. The monoisotopic (exact) mass is 270 g/mol. The number of rotatable bonds is 9. The van der Waals surface area contributed by atoms with E-state index in [0.717, 1.165) is 18.4 Å². The van der Waals surface area contributed by atoms with Gasteiger partial charge in [0, 0.05) is 5.38 Å². The molecule has 0 amide bonds. The topological polar surface area (TPSA) is 0 Å². The third-order valence-corrected chi connectivity index (χ3v) is 3.64. The Morgan fingerprint density at radius 1 is 1.06 bits per heavy atom. The lowest BCUT2D eigenvalue weighted by Crippen LogP contribution is -2.05. The Kier molecular flexibility index (Phi) is 8.08. The molecule has 102 valence electrons. The zero-order chi connectivity index (χ0) is 13.2. The van der Waals surface area contributed by atoms with E-state index in [9.17, 15) is 4.39 Å². The first-order valence-electron chi connectivity index (χ1n) is 7.11. The Labute approximate surface area is 116 Å². The Balaban J connectivity index is 2.14. The van der Waals surface area contributed by atoms with E-state index in [-0.39, 0.29) is 11.2 Å². The van der Waals surface area contributed by atoms with Crippen LogP contribution < -0.4 is 0 Å². The van der Waals surface area contributed by atoms with Gasteiger partial charge in [-0.1, -0.05) is 63.6 Å². The van der Waals surface area contributed by atoms with Crippen LogP contribution in [0.1, 0.15) is 57.4 Å². The van der Waals surface area contributed by atoms with Gasteiger partial charge in [-0.2, -0.15) is 0 Å². The van der Waals surface area contributed by atoms with E-state index in [2.05, 4.69) is 6.92 Å². The zero-order valence-corrected chi connectivity index (χ0v) is 12.1. The lowest BCUT2D eigenvalue weighted by atomic mass is 10.0. The predicted octanol–water partition coefficient (Wildman–Crippen LogP) is 5.73. The molecule has 18 heavy (non-hydrogen) atoms. The van der Waals surface area contributed by atoms with E-state index in [1.807, 2.05) is 12.1 Å². The Hall–Kier alpha value is -0.560. The molecule has 0 radical (unpaired) electrons. The minimum Gasteiger partial charge on any atom is -0.207 e. The number of halogens is 2. The first-order valence-corrected chi connectivity index (χ1v) is 7.55. The van der Waals surface area contributed by atoms with Crippen LogP contribution >= 0.6 is 11.6 Å². The predicted molar refractivity (Wildman–Crippen MR) is 77.7 cm³/mol. The van der Waals surface area contributed by atoms with Crippen LogP contribution in [0.2, 0.25) is 0 Å². The van der Waals surface area contributed by atoms with Crippen LogP contribution in [-0.4, -0.2) is 5.38 Å². The fourth-order valence-electron chi connectivity index (χ4n) is 2.15. The van der Waals surface area contributed by atoms with Crippen LogP contribution in [0.25, 0.3) is 0 Å². The standard InChI is InChI=1S/C16H24ClF/c1-2-3-4-5-6-7-11-15(17)13-14-10-8-9-12-16(14)18/h8-10,12,15H,2-7,11,13H2,1H3. The maximum Gasteiger partial charge on any atom is 0.126 e. The third kappa shape index (κ3) is 6.39. The average Bonchev–Trinajstić information content (AvgIpc) is 2.36. The van der Waals surface area contributed by atoms with Crippen molar-refractivity contribution in [2.24, 2.45) is 0 Å². The minimum absolute atomic E-state index is 0.0630. The summed E-state index contributed by atoms with van der Waals surface area (Å²) in [5, 5.41) is 0.0630. The van der Waals surface area contributed by atoms with Crippen molar-refractivity contribution < 1.29 is 4.39 Å². The largest absolute Gasteiger partial charge is 0.207 e. The lowest BCUT2D eigenvalue weighted by molar-refractivity contribution is 0.567. The number of alkyl halides is 1. The second-order valence-corrected chi connectivity index (χ2v) is 5.57. The molecule has 0 nitrogen and oxygen atoms in total. The van der Waals surface area contributed by atoms with Crippen LogP contribution in [0.5, 0.6) is 0 Å². The quantitative estimate of drug-likeness (QED) is 0.397. The van der Waals surface area contributed by atoms with Crippen LogP contribution in [0.3, 0.4) is 0 Å². The van der Waals surface area contributed by atoms with Gasteiger partial charge in [-0.15, -0.1) is 11.6 Å². The molecule has 2 heteroatoms. The number of hydrogen-bond acceptors (Lipinski definition) is 0. The lowest BCUT2D eigenvalue weighted by Gasteiger charge is -2.10. The second kappa shape index (κ2) is 9.38. The fourth-order valence-corrected chi connectivity index (χ4v) is 2.47. The van der Waals surface area contributed by atoms with E-state index < -0.39 is 0 Å². The highest BCUT2D eigenvalue weighted by molar-refractivity contribution is 6.20. The van der Waals surface area contributed by atoms with Crippen molar-refractivity contribution in [1.82, 2.24) is 0 Å². The summed E-state index contributed by atoms with van der Waals surface area (Å²) in [6.07, 6.45) is 9.29. The zero-order valence-electron chi connectivity index (χ0n) is 11.3. The van der Waals surface area contributed by atoms with Crippen molar-refractivity contribution in [3.8, 4) is 0 Å². The third-order valence-electron chi connectivity index (χ3n) is 3.27. The van der Waals surface area contributed by atoms with Gasteiger partial charge in [-0.05, 0) is 24.5 Å². The SMILES string of the molecule is CCCCCCCCC(Cl)Cc1ccccc1F. The fraction of sp³-hybridized carbons (Fsp3) is 0.625. The normalized spacial score (nSPS) is 12.6. The highest BCUT2D eigenvalue weighted by Crippen LogP contribution is 2.17. The number of unbranched alkanes of at least 4 members (excludes halogenated alkanes) is 5. The van der Waals surface area contributed by atoms with Gasteiger partial charge in [-0.3, -0.25) is 0 Å². The molecule has 0 aliphatic heterocycles. The minimum atomic E-state index is -0.133. The molecule has 0 spiro atoms. The van der Waals surface area contributed by atoms with E-state index in [1.54, 1.807) is 6.07 Å². The molecule has 0 aliphatic carbocycles. The molecule has 0 bridgehead atoms. The summed E-state index contributed by atoms with van der Waals surface area (Å²) in [5.41, 5.74) is 0.739. The molecule has 1 unspecified atom stereocenters. The van der Waals surface area contributed by atoms with Gasteiger partial charge in [0.15, 0.2) is 0 Å². The Morgan fingerprint density at radius 2 is 1.72 bits per heavy atom. The molecule has 0 saturated heterocycles. The maximum atomic E-state index is 13.4. The van der Waals surface area contributed by atoms with Crippen molar-refractivity contribution in [2.75, 3.05) is 0 Å². The van der Waals surface area contributed by atoms with Gasteiger partial charge >= 0.3 is 0 Å². The van der Waals surface area contributed by atoms with Crippen molar-refractivity contribution in [2.45, 2.75) is 63.7 Å². The highest BCUT2D eigenvalue weighted by atomic mass is 35.5. The van der Waals surface area contributed by atoms with Gasteiger partial charge in [-0.25, -0.2) is 4.39 Å². The van der Waals surface area contributed by atoms with E-state index >= 15 is 0 Å². The molecule has 0 saturated carbocycles. The molecule has 0 aromatic heterocycles. The molecular formula is C16H24ClF. The maximum absolute atomic E-state index is 13.4. The molecule has 1 aromatic carbocycles. The van der Waals surface area contributed by atoms with Gasteiger partial charge < -0.3 is 0 Å². The second-order valence-electron chi connectivity index (χ2n) is 4.95. The summed E-state index contributed by atoms with van der Waals surface area (Å²) >= 11 is 6.26. The first-order chi connectivity index (χ1) is 8.74.